The fraction of sp³-hybridized carbons (Fsp3) is 0.353. The zero-order valence-electron chi connectivity index (χ0n) is 12.9. The summed E-state index contributed by atoms with van der Waals surface area (Å²) in [5.74, 6) is 0.742. The molecule has 1 saturated heterocycles. The van der Waals surface area contributed by atoms with Gasteiger partial charge in [-0.05, 0) is 25.1 Å². The van der Waals surface area contributed by atoms with Crippen LogP contribution in [0, 0.1) is 0 Å². The van der Waals surface area contributed by atoms with E-state index in [1.54, 1.807) is 17.0 Å². The molecule has 2 heterocycles. The monoisotopic (exact) mass is 334 g/mol. The van der Waals surface area contributed by atoms with Crippen molar-refractivity contribution in [3.8, 4) is 0 Å². The summed E-state index contributed by atoms with van der Waals surface area (Å²) in [6.45, 7) is 3.11. The number of ether oxygens (including phenoxy) is 1. The second kappa shape index (κ2) is 6.74. The molecule has 3 rings (SSSR count). The van der Waals surface area contributed by atoms with Crippen LogP contribution in [0.15, 0.2) is 40.8 Å². The van der Waals surface area contributed by atoms with Crippen molar-refractivity contribution in [3.05, 3.63) is 58.5 Å². The molecule has 0 spiro atoms. The van der Waals surface area contributed by atoms with Crippen LogP contribution in [0.3, 0.4) is 0 Å². The summed E-state index contributed by atoms with van der Waals surface area (Å²) in [6.07, 6.45) is -0.243. The Morgan fingerprint density at radius 3 is 2.83 bits per heavy atom. The summed E-state index contributed by atoms with van der Waals surface area (Å²) in [5.41, 5.74) is 6.42. The first-order chi connectivity index (χ1) is 11.1. The van der Waals surface area contributed by atoms with Gasteiger partial charge in [0.05, 0.1) is 25.7 Å². The number of rotatable bonds is 3. The van der Waals surface area contributed by atoms with Crippen molar-refractivity contribution in [2.24, 2.45) is 5.73 Å². The van der Waals surface area contributed by atoms with Crippen molar-refractivity contribution in [1.29, 1.82) is 0 Å². The van der Waals surface area contributed by atoms with Gasteiger partial charge in [-0.25, -0.2) is 0 Å². The minimum atomic E-state index is -0.243. The number of nitrogens with zero attached hydrogens (tertiary/aromatic N) is 1. The molecule has 23 heavy (non-hydrogen) atoms. The number of hydrogen-bond donors (Lipinski definition) is 1. The zero-order valence-corrected chi connectivity index (χ0v) is 13.6. The molecule has 1 amide bonds. The van der Waals surface area contributed by atoms with E-state index in [0.717, 1.165) is 5.56 Å². The molecule has 0 radical (unpaired) electrons. The Bertz CT molecular complexity index is 701. The van der Waals surface area contributed by atoms with E-state index in [-0.39, 0.29) is 24.6 Å². The number of carbonyl (C=O) groups is 1. The molecule has 2 N–H and O–H groups in total. The Morgan fingerprint density at radius 2 is 2.13 bits per heavy atom. The Kier molecular flexibility index (Phi) is 4.71. The summed E-state index contributed by atoms with van der Waals surface area (Å²) in [5, 5.41) is 0.642. The van der Waals surface area contributed by atoms with E-state index in [0.29, 0.717) is 29.7 Å². The van der Waals surface area contributed by atoms with E-state index in [9.17, 15) is 4.79 Å². The normalized spacial score (nSPS) is 21.4. The smallest absolute Gasteiger partial charge is 0.289 e. The molecular weight excluding hydrogens is 316 g/mol. The molecule has 0 bridgehead atoms. The average Bonchev–Trinajstić information content (AvgIpc) is 3.04. The molecular formula is C17H19ClN2O3. The summed E-state index contributed by atoms with van der Waals surface area (Å²) in [4.78, 5) is 14.5. The number of furan rings is 1. The summed E-state index contributed by atoms with van der Waals surface area (Å²) in [7, 11) is 0. The Hall–Kier alpha value is -1.82. The molecule has 1 aromatic carbocycles. The topological polar surface area (TPSA) is 68.7 Å². The maximum Gasteiger partial charge on any atom is 0.289 e. The highest BCUT2D eigenvalue weighted by molar-refractivity contribution is 6.31. The van der Waals surface area contributed by atoms with Crippen LogP contribution in [0.25, 0.3) is 0 Å². The third-order valence-electron chi connectivity index (χ3n) is 4.02. The first-order valence-electron chi connectivity index (χ1n) is 7.56. The number of amides is 1. The number of nitrogens with two attached hydrogens (primary N) is 1. The third kappa shape index (κ3) is 3.27. The zero-order chi connectivity index (χ0) is 16.4. The van der Waals surface area contributed by atoms with Gasteiger partial charge in [0.25, 0.3) is 5.91 Å². The number of carbonyl (C=O) groups excluding carboxylic acids is 1. The van der Waals surface area contributed by atoms with Gasteiger partial charge in [-0.15, -0.1) is 0 Å². The van der Waals surface area contributed by atoms with Crippen molar-refractivity contribution < 1.29 is 13.9 Å². The Morgan fingerprint density at radius 1 is 1.35 bits per heavy atom. The second-order valence-corrected chi connectivity index (χ2v) is 6.03. The third-order valence-corrected chi connectivity index (χ3v) is 4.36. The predicted octanol–water partition coefficient (Wildman–Crippen LogP) is 2.99. The van der Waals surface area contributed by atoms with E-state index in [1.807, 2.05) is 31.2 Å². The van der Waals surface area contributed by atoms with Crippen molar-refractivity contribution in [3.63, 3.8) is 0 Å². The van der Waals surface area contributed by atoms with Gasteiger partial charge in [0.2, 0.25) is 0 Å². The molecule has 0 aliphatic carbocycles. The van der Waals surface area contributed by atoms with E-state index in [2.05, 4.69) is 0 Å². The fourth-order valence-corrected chi connectivity index (χ4v) is 2.97. The minimum Gasteiger partial charge on any atom is -0.455 e. The highest BCUT2D eigenvalue weighted by Crippen LogP contribution is 2.30. The van der Waals surface area contributed by atoms with Crippen molar-refractivity contribution in [2.45, 2.75) is 25.6 Å². The first kappa shape index (κ1) is 16.1. The lowest BCUT2D eigenvalue weighted by Crippen LogP contribution is -2.48. The van der Waals surface area contributed by atoms with Gasteiger partial charge in [-0.3, -0.25) is 4.79 Å². The van der Waals surface area contributed by atoms with Crippen LogP contribution in [0.4, 0.5) is 0 Å². The van der Waals surface area contributed by atoms with Crippen molar-refractivity contribution in [1.82, 2.24) is 4.90 Å². The molecule has 6 heteroatoms. The van der Waals surface area contributed by atoms with Crippen molar-refractivity contribution in [2.75, 3.05) is 13.2 Å². The number of morpholine rings is 1. The molecule has 0 saturated carbocycles. The van der Waals surface area contributed by atoms with Gasteiger partial charge in [0, 0.05) is 10.6 Å². The minimum absolute atomic E-state index is 0.0346. The Balaban J connectivity index is 1.81. The van der Waals surface area contributed by atoms with Crippen LogP contribution >= 0.6 is 11.6 Å². The SMILES string of the molecule is C[C@H]1CO[C@@H](c2ccccc2Cl)CN1C(=O)c1ccc(CN)o1. The lowest BCUT2D eigenvalue weighted by molar-refractivity contribution is -0.0495. The number of halogens is 1. The van der Waals surface area contributed by atoms with Crippen LogP contribution in [-0.2, 0) is 11.3 Å². The summed E-state index contributed by atoms with van der Waals surface area (Å²) in [6, 6.07) is 10.9. The number of hydrogen-bond acceptors (Lipinski definition) is 4. The van der Waals surface area contributed by atoms with Crippen LogP contribution in [0.5, 0.6) is 0 Å². The molecule has 1 aliphatic rings. The second-order valence-electron chi connectivity index (χ2n) is 5.62. The van der Waals surface area contributed by atoms with E-state index >= 15 is 0 Å². The highest BCUT2D eigenvalue weighted by Gasteiger charge is 2.33. The molecule has 2 atom stereocenters. The lowest BCUT2D eigenvalue weighted by Gasteiger charge is -2.38. The first-order valence-corrected chi connectivity index (χ1v) is 7.93. The molecule has 5 nitrogen and oxygen atoms in total. The van der Waals surface area contributed by atoms with Crippen LogP contribution in [0.2, 0.25) is 5.02 Å². The van der Waals surface area contributed by atoms with Gasteiger partial charge in [0.1, 0.15) is 11.9 Å². The fourth-order valence-electron chi connectivity index (χ4n) is 2.71. The van der Waals surface area contributed by atoms with Gasteiger partial charge in [0.15, 0.2) is 5.76 Å². The maximum atomic E-state index is 12.7. The molecule has 1 aromatic heterocycles. The van der Waals surface area contributed by atoms with E-state index in [4.69, 9.17) is 26.5 Å². The van der Waals surface area contributed by atoms with Gasteiger partial charge in [-0.1, -0.05) is 29.8 Å². The summed E-state index contributed by atoms with van der Waals surface area (Å²) >= 11 is 6.24. The maximum absolute atomic E-state index is 12.7. The van der Waals surface area contributed by atoms with Crippen LogP contribution in [0.1, 0.15) is 34.9 Å². The van der Waals surface area contributed by atoms with Gasteiger partial charge >= 0.3 is 0 Å². The van der Waals surface area contributed by atoms with Crippen molar-refractivity contribution >= 4 is 17.5 Å². The lowest BCUT2D eigenvalue weighted by atomic mass is 10.1. The summed E-state index contributed by atoms with van der Waals surface area (Å²) < 4.78 is 11.3. The van der Waals surface area contributed by atoms with Crippen LogP contribution < -0.4 is 5.73 Å². The van der Waals surface area contributed by atoms with Gasteiger partial charge < -0.3 is 19.8 Å². The molecule has 1 aliphatic heterocycles. The molecule has 0 unspecified atom stereocenters. The standard InChI is InChI=1S/C17H19ClN2O3/c1-11-10-22-16(13-4-2-3-5-14(13)18)9-20(11)17(21)15-7-6-12(8-19)23-15/h2-7,11,16H,8-10,19H2,1H3/t11-,16+/m0/s1. The molecule has 122 valence electrons. The highest BCUT2D eigenvalue weighted by atomic mass is 35.5. The van der Waals surface area contributed by atoms with Gasteiger partial charge in [-0.2, -0.15) is 0 Å². The number of benzene rings is 1. The molecule has 1 fully saturated rings. The average molecular weight is 335 g/mol. The van der Waals surface area contributed by atoms with E-state index < -0.39 is 0 Å². The quantitative estimate of drug-likeness (QED) is 0.936. The largest absolute Gasteiger partial charge is 0.455 e. The van der Waals surface area contributed by atoms with E-state index in [1.165, 1.54) is 0 Å². The Labute approximate surface area is 140 Å². The predicted molar refractivity (Wildman–Crippen MR) is 87.2 cm³/mol. The molecule has 2 aromatic rings. The van der Waals surface area contributed by atoms with Crippen LogP contribution in [-0.4, -0.2) is 30.0 Å².